The summed E-state index contributed by atoms with van der Waals surface area (Å²) in [6.45, 7) is 5.06. The standard InChI is InChI=1S/C18H17N3O4/c1-2-20-8-6-11(7-9-20)14-13-5-3-4-12(10-19)15(13)21-16(14)24-17(22)18(23)25-21/h3-5,11H,2,6-9H2,1H3. The van der Waals surface area contributed by atoms with E-state index in [9.17, 15) is 14.9 Å². The molecule has 1 aromatic carbocycles. The van der Waals surface area contributed by atoms with Gasteiger partial charge in [0.2, 0.25) is 5.71 Å². The van der Waals surface area contributed by atoms with Gasteiger partial charge in [-0.3, -0.25) is 0 Å². The monoisotopic (exact) mass is 339 g/mol. The van der Waals surface area contributed by atoms with E-state index in [1.807, 2.05) is 6.07 Å². The normalized spacial score (nSPS) is 16.5. The summed E-state index contributed by atoms with van der Waals surface area (Å²) < 4.78 is 11.7. The first kappa shape index (κ1) is 15.7. The van der Waals surface area contributed by atoms with Crippen molar-refractivity contribution in [2.75, 3.05) is 19.6 Å². The number of hydrogen-bond donors (Lipinski definition) is 0. The molecule has 1 saturated heterocycles. The second-order valence-corrected chi connectivity index (χ2v) is 6.30. The van der Waals surface area contributed by atoms with E-state index in [1.54, 1.807) is 12.1 Å². The molecule has 7 nitrogen and oxygen atoms in total. The van der Waals surface area contributed by atoms with E-state index < -0.39 is 11.3 Å². The molecule has 0 radical (unpaired) electrons. The average molecular weight is 339 g/mol. The highest BCUT2D eigenvalue weighted by molar-refractivity contribution is 5.94. The Bertz CT molecular complexity index is 1110. The van der Waals surface area contributed by atoms with Crippen LogP contribution in [0.15, 0.2) is 36.7 Å². The lowest BCUT2D eigenvalue weighted by Gasteiger charge is -2.30. The van der Waals surface area contributed by atoms with Gasteiger partial charge < -0.3 is 13.8 Å². The number of para-hydroxylation sites is 1. The molecule has 4 rings (SSSR count). The molecular formula is C18H17N3O4. The van der Waals surface area contributed by atoms with Gasteiger partial charge in [-0.05, 0) is 44.5 Å². The highest BCUT2D eigenvalue weighted by Crippen LogP contribution is 2.38. The summed E-state index contributed by atoms with van der Waals surface area (Å²) in [5.74, 6) is 0.181. The van der Waals surface area contributed by atoms with Gasteiger partial charge in [0.25, 0.3) is 0 Å². The number of likely N-dealkylation sites (tertiary alicyclic amines) is 1. The summed E-state index contributed by atoms with van der Waals surface area (Å²) in [7, 11) is 0. The summed E-state index contributed by atoms with van der Waals surface area (Å²) in [6.07, 6.45) is 1.84. The van der Waals surface area contributed by atoms with Crippen LogP contribution in [0.4, 0.5) is 0 Å². The fraction of sp³-hybridized carbons (Fsp3) is 0.389. The summed E-state index contributed by atoms with van der Waals surface area (Å²) in [6, 6.07) is 7.45. The van der Waals surface area contributed by atoms with Gasteiger partial charge in [0.15, 0.2) is 0 Å². The SMILES string of the molecule is CCN1CCC(c2c3cccc(C#N)c3n3oc(=O)c(=O)oc23)CC1. The number of nitrogens with zero attached hydrogens (tertiary/aromatic N) is 3. The maximum atomic E-state index is 11.7. The zero-order chi connectivity index (χ0) is 17.6. The molecule has 1 fully saturated rings. The van der Waals surface area contributed by atoms with Crippen LogP contribution in [0, 0.1) is 11.3 Å². The van der Waals surface area contributed by atoms with Crippen LogP contribution < -0.4 is 11.3 Å². The van der Waals surface area contributed by atoms with Crippen molar-refractivity contribution in [3.63, 3.8) is 0 Å². The second-order valence-electron chi connectivity index (χ2n) is 6.30. The Hall–Kier alpha value is -2.85. The molecule has 25 heavy (non-hydrogen) atoms. The Labute approximate surface area is 142 Å². The number of fused-ring (bicyclic) bond motifs is 3. The average Bonchev–Trinajstić information content (AvgIpc) is 2.95. The maximum Gasteiger partial charge on any atom is 0.442 e. The van der Waals surface area contributed by atoms with Crippen molar-refractivity contribution in [3.8, 4) is 6.07 Å². The van der Waals surface area contributed by atoms with Crippen LogP contribution in [0.25, 0.3) is 16.6 Å². The molecule has 3 heterocycles. The third-order valence-corrected chi connectivity index (χ3v) is 5.04. The molecule has 0 saturated carbocycles. The Morgan fingerprint density at radius 1 is 1.24 bits per heavy atom. The molecule has 1 aliphatic rings. The highest BCUT2D eigenvalue weighted by Gasteiger charge is 2.28. The number of hydrogen-bond acceptors (Lipinski definition) is 6. The molecule has 0 spiro atoms. The van der Waals surface area contributed by atoms with Crippen LogP contribution in [0.2, 0.25) is 0 Å². The first-order chi connectivity index (χ1) is 12.1. The quantitative estimate of drug-likeness (QED) is 0.664. The molecule has 0 N–H and O–H groups in total. The van der Waals surface area contributed by atoms with E-state index in [4.69, 9.17) is 8.94 Å². The first-order valence-corrected chi connectivity index (χ1v) is 8.38. The van der Waals surface area contributed by atoms with Gasteiger partial charge >= 0.3 is 11.3 Å². The Balaban J connectivity index is 2.02. The van der Waals surface area contributed by atoms with Gasteiger partial charge in [-0.15, -0.1) is 4.57 Å². The van der Waals surface area contributed by atoms with Gasteiger partial charge in [-0.25, -0.2) is 9.59 Å². The molecule has 128 valence electrons. The lowest BCUT2D eigenvalue weighted by atomic mass is 9.88. The van der Waals surface area contributed by atoms with Crippen molar-refractivity contribution in [2.45, 2.75) is 25.7 Å². The van der Waals surface area contributed by atoms with Crippen LogP contribution in [0.3, 0.4) is 0 Å². The van der Waals surface area contributed by atoms with E-state index in [1.165, 1.54) is 4.57 Å². The smallest absolute Gasteiger partial charge is 0.397 e. The fourth-order valence-corrected chi connectivity index (χ4v) is 3.76. The van der Waals surface area contributed by atoms with Crippen LogP contribution in [0.5, 0.6) is 0 Å². The van der Waals surface area contributed by atoms with Gasteiger partial charge in [-0.1, -0.05) is 19.1 Å². The van der Waals surface area contributed by atoms with E-state index in [2.05, 4.69) is 17.9 Å². The molecule has 2 aromatic heterocycles. The van der Waals surface area contributed by atoms with Crippen LogP contribution in [0.1, 0.15) is 36.8 Å². The zero-order valence-corrected chi connectivity index (χ0v) is 13.8. The van der Waals surface area contributed by atoms with Crippen molar-refractivity contribution >= 4 is 16.6 Å². The molecule has 0 bridgehead atoms. The molecule has 7 heteroatoms. The number of aromatic nitrogens is 1. The lowest BCUT2D eigenvalue weighted by molar-refractivity contribution is 0.221. The topological polar surface area (TPSA) is 91.9 Å². The van der Waals surface area contributed by atoms with Crippen molar-refractivity contribution in [1.29, 1.82) is 5.26 Å². The molecule has 0 amide bonds. The van der Waals surface area contributed by atoms with E-state index >= 15 is 0 Å². The molecule has 0 aliphatic carbocycles. The van der Waals surface area contributed by atoms with Crippen molar-refractivity contribution in [2.24, 2.45) is 0 Å². The fourth-order valence-electron chi connectivity index (χ4n) is 3.76. The largest absolute Gasteiger partial charge is 0.442 e. The van der Waals surface area contributed by atoms with Crippen LogP contribution in [-0.4, -0.2) is 29.1 Å². The van der Waals surface area contributed by atoms with Crippen LogP contribution in [-0.2, 0) is 0 Å². The van der Waals surface area contributed by atoms with E-state index in [0.717, 1.165) is 43.4 Å². The minimum atomic E-state index is -1.08. The zero-order valence-electron chi connectivity index (χ0n) is 13.8. The molecule has 3 aromatic rings. The minimum absolute atomic E-state index is 0.181. The number of benzene rings is 1. The van der Waals surface area contributed by atoms with Gasteiger partial charge in [0.05, 0.1) is 5.56 Å². The lowest BCUT2D eigenvalue weighted by Crippen LogP contribution is -2.32. The molecular weight excluding hydrogens is 322 g/mol. The summed E-state index contributed by atoms with van der Waals surface area (Å²) in [5.41, 5.74) is -0.165. The third-order valence-electron chi connectivity index (χ3n) is 5.04. The van der Waals surface area contributed by atoms with Crippen molar-refractivity contribution in [3.05, 3.63) is 50.2 Å². The highest BCUT2D eigenvalue weighted by atomic mass is 16.5. The van der Waals surface area contributed by atoms with Gasteiger partial charge in [-0.2, -0.15) is 5.26 Å². The Morgan fingerprint density at radius 2 is 2.00 bits per heavy atom. The van der Waals surface area contributed by atoms with Crippen LogP contribution >= 0.6 is 0 Å². The van der Waals surface area contributed by atoms with Gasteiger partial charge in [0, 0.05) is 10.9 Å². The predicted molar refractivity (Wildman–Crippen MR) is 90.8 cm³/mol. The number of nitriles is 1. The minimum Gasteiger partial charge on any atom is -0.397 e. The van der Waals surface area contributed by atoms with Crippen molar-refractivity contribution in [1.82, 2.24) is 9.47 Å². The van der Waals surface area contributed by atoms with Crippen molar-refractivity contribution < 1.29 is 8.94 Å². The summed E-state index contributed by atoms with van der Waals surface area (Å²) in [4.78, 5) is 25.8. The van der Waals surface area contributed by atoms with E-state index in [0.29, 0.717) is 11.1 Å². The first-order valence-electron chi connectivity index (χ1n) is 8.38. The number of rotatable bonds is 2. The van der Waals surface area contributed by atoms with E-state index in [-0.39, 0.29) is 11.6 Å². The Kier molecular flexibility index (Phi) is 3.70. The van der Waals surface area contributed by atoms with Gasteiger partial charge in [0.1, 0.15) is 11.6 Å². The summed E-state index contributed by atoms with van der Waals surface area (Å²) >= 11 is 0. The molecule has 0 unspecified atom stereocenters. The molecule has 0 atom stereocenters. The maximum absolute atomic E-state index is 11.7. The molecule has 1 aliphatic heterocycles. The number of piperidine rings is 1. The third kappa shape index (κ3) is 2.37. The Morgan fingerprint density at radius 3 is 2.68 bits per heavy atom. The second kappa shape index (κ2) is 5.90. The predicted octanol–water partition coefficient (Wildman–Crippen LogP) is 2.07. The summed E-state index contributed by atoms with van der Waals surface area (Å²) in [5, 5.41) is 10.2.